The van der Waals surface area contributed by atoms with Crippen LogP contribution in [-0.2, 0) is 9.53 Å². The molecule has 0 atom stereocenters. The normalized spacial score (nSPS) is 12.8. The van der Waals surface area contributed by atoms with Crippen LogP contribution in [-0.4, -0.2) is 25.5 Å². The molecule has 0 aliphatic carbocycles. The number of ketones is 1. The number of allylic oxidation sites excluding steroid dienone is 2. The second-order valence-electron chi connectivity index (χ2n) is 4.28. The summed E-state index contributed by atoms with van der Waals surface area (Å²) in [6.45, 7) is 3.44. The molecule has 1 aromatic rings. The molecule has 0 N–H and O–H groups in total. The van der Waals surface area contributed by atoms with Crippen molar-refractivity contribution in [3.8, 4) is 11.5 Å². The van der Waals surface area contributed by atoms with Crippen molar-refractivity contribution in [1.82, 2.24) is 0 Å². The van der Waals surface area contributed by atoms with Crippen molar-refractivity contribution in [1.29, 1.82) is 0 Å². The number of benzene rings is 1. The van der Waals surface area contributed by atoms with Crippen molar-refractivity contribution in [2.75, 3.05) is 13.7 Å². The largest absolute Gasteiger partial charge is 0.482 e. The van der Waals surface area contributed by atoms with E-state index in [1.54, 1.807) is 18.2 Å². The Bertz CT molecular complexity index is 567. The van der Waals surface area contributed by atoms with Gasteiger partial charge < -0.3 is 14.2 Å². The fourth-order valence-corrected chi connectivity index (χ4v) is 1.67. The highest BCUT2D eigenvalue weighted by molar-refractivity contribution is 6.12. The average molecular weight is 262 g/mol. The second-order valence-corrected chi connectivity index (χ2v) is 4.28. The maximum absolute atomic E-state index is 12.0. The Balaban J connectivity index is 2.19. The summed E-state index contributed by atoms with van der Waals surface area (Å²) in [5, 5.41) is 0. The van der Waals surface area contributed by atoms with Crippen LogP contribution in [0.4, 0.5) is 0 Å². The number of hydrogen-bond donors (Lipinski definition) is 0. The Kier molecular flexibility index (Phi) is 3.55. The molecule has 0 saturated heterocycles. The van der Waals surface area contributed by atoms with E-state index >= 15 is 0 Å². The summed E-state index contributed by atoms with van der Waals surface area (Å²) in [7, 11) is 1.29. The molecule has 0 unspecified atom stereocenters. The first-order valence-corrected chi connectivity index (χ1v) is 5.76. The number of methoxy groups -OCH3 is 1. The van der Waals surface area contributed by atoms with Gasteiger partial charge in [-0.1, -0.05) is 0 Å². The van der Waals surface area contributed by atoms with Gasteiger partial charge >= 0.3 is 5.97 Å². The van der Waals surface area contributed by atoms with Crippen molar-refractivity contribution in [2.45, 2.75) is 13.8 Å². The highest BCUT2D eigenvalue weighted by Crippen LogP contribution is 2.35. The molecule has 0 spiro atoms. The van der Waals surface area contributed by atoms with E-state index < -0.39 is 5.97 Å². The van der Waals surface area contributed by atoms with Crippen LogP contribution in [0.3, 0.4) is 0 Å². The smallest absolute Gasteiger partial charge is 0.343 e. The minimum atomic E-state index is -0.470. The molecule has 0 fully saturated rings. The molecule has 1 aromatic carbocycles. The molecule has 19 heavy (non-hydrogen) atoms. The van der Waals surface area contributed by atoms with Gasteiger partial charge in [0.2, 0.25) is 5.78 Å². The number of ether oxygens (including phenoxy) is 3. The molecule has 0 amide bonds. The van der Waals surface area contributed by atoms with Crippen LogP contribution in [0.2, 0.25) is 0 Å². The predicted octanol–water partition coefficient (Wildman–Crippen LogP) is 2.11. The lowest BCUT2D eigenvalue weighted by atomic mass is 10.1. The number of carbonyl (C=O) groups excluding carboxylic acids is 2. The van der Waals surface area contributed by atoms with Crippen molar-refractivity contribution < 1.29 is 23.8 Å². The molecule has 100 valence electrons. The maximum Gasteiger partial charge on any atom is 0.343 e. The number of rotatable bonds is 3. The van der Waals surface area contributed by atoms with E-state index in [0.29, 0.717) is 22.8 Å². The topological polar surface area (TPSA) is 61.8 Å². The molecule has 0 saturated carbocycles. The average Bonchev–Trinajstić information content (AvgIpc) is 2.73. The minimum Gasteiger partial charge on any atom is -0.482 e. The van der Waals surface area contributed by atoms with Gasteiger partial charge in [0, 0.05) is 6.07 Å². The molecule has 1 aliphatic rings. The van der Waals surface area contributed by atoms with Gasteiger partial charge in [0.25, 0.3) is 0 Å². The molecule has 2 rings (SSSR count). The highest BCUT2D eigenvalue weighted by Gasteiger charge is 2.28. The van der Waals surface area contributed by atoms with Crippen LogP contribution in [0.1, 0.15) is 24.2 Å². The molecule has 1 heterocycles. The van der Waals surface area contributed by atoms with Gasteiger partial charge in [-0.25, -0.2) is 4.79 Å². The summed E-state index contributed by atoms with van der Waals surface area (Å²) in [6, 6.07) is 4.84. The van der Waals surface area contributed by atoms with E-state index in [-0.39, 0.29) is 12.4 Å². The lowest BCUT2D eigenvalue weighted by Gasteiger charge is -2.05. The van der Waals surface area contributed by atoms with Crippen LogP contribution in [0, 0.1) is 0 Å². The van der Waals surface area contributed by atoms with Crippen molar-refractivity contribution in [3.63, 3.8) is 0 Å². The quantitative estimate of drug-likeness (QED) is 0.616. The van der Waals surface area contributed by atoms with E-state index in [2.05, 4.69) is 4.74 Å². The van der Waals surface area contributed by atoms with Gasteiger partial charge in [0.15, 0.2) is 12.4 Å². The molecule has 1 aliphatic heterocycles. The van der Waals surface area contributed by atoms with Crippen molar-refractivity contribution >= 4 is 11.8 Å². The van der Waals surface area contributed by atoms with E-state index in [9.17, 15) is 9.59 Å². The third kappa shape index (κ3) is 2.59. The Morgan fingerprint density at radius 1 is 1.32 bits per heavy atom. The summed E-state index contributed by atoms with van der Waals surface area (Å²) >= 11 is 0. The predicted molar refractivity (Wildman–Crippen MR) is 67.3 cm³/mol. The van der Waals surface area contributed by atoms with Gasteiger partial charge in [0.05, 0.1) is 12.7 Å². The van der Waals surface area contributed by atoms with Gasteiger partial charge in [0.1, 0.15) is 11.5 Å². The number of Topliss-reactive ketones (excluding diaryl/α,β-unsaturated/α-hetero) is 1. The Labute approximate surface area is 110 Å². The molecule has 5 heteroatoms. The van der Waals surface area contributed by atoms with Crippen molar-refractivity contribution in [3.05, 3.63) is 35.1 Å². The lowest BCUT2D eigenvalue weighted by molar-refractivity contribution is -0.142. The van der Waals surface area contributed by atoms with Gasteiger partial charge in [-0.05, 0) is 31.6 Å². The zero-order chi connectivity index (χ0) is 14.0. The van der Waals surface area contributed by atoms with E-state index in [1.807, 2.05) is 13.8 Å². The van der Waals surface area contributed by atoms with Gasteiger partial charge in [-0.15, -0.1) is 0 Å². The summed E-state index contributed by atoms with van der Waals surface area (Å²) < 4.78 is 15.2. The SMILES string of the molecule is COC(=O)COc1ccc2c(c1)OC(=C(C)C)C2=O. The third-order valence-corrected chi connectivity index (χ3v) is 2.65. The number of esters is 1. The molecule has 0 aromatic heterocycles. The first-order valence-electron chi connectivity index (χ1n) is 5.76. The van der Waals surface area contributed by atoms with Gasteiger partial charge in [-0.2, -0.15) is 0 Å². The minimum absolute atomic E-state index is 0.130. The molecule has 0 bridgehead atoms. The number of hydrogen-bond acceptors (Lipinski definition) is 5. The lowest BCUT2D eigenvalue weighted by Crippen LogP contribution is -2.12. The first-order chi connectivity index (χ1) is 9.02. The van der Waals surface area contributed by atoms with E-state index in [1.165, 1.54) is 7.11 Å². The zero-order valence-corrected chi connectivity index (χ0v) is 11.0. The van der Waals surface area contributed by atoms with E-state index in [0.717, 1.165) is 5.57 Å². The Morgan fingerprint density at radius 2 is 2.05 bits per heavy atom. The Morgan fingerprint density at radius 3 is 2.68 bits per heavy atom. The standard InChI is InChI=1S/C14H14O5/c1-8(2)14-13(16)10-5-4-9(6-11(10)19-14)18-7-12(15)17-3/h4-6H,7H2,1-3H3. The zero-order valence-electron chi connectivity index (χ0n) is 11.0. The number of carbonyl (C=O) groups is 2. The fourth-order valence-electron chi connectivity index (χ4n) is 1.67. The molecular formula is C14H14O5. The fraction of sp³-hybridized carbons (Fsp3) is 0.286. The summed E-state index contributed by atoms with van der Waals surface area (Å²) in [4.78, 5) is 22.9. The number of fused-ring (bicyclic) bond motifs is 1. The summed E-state index contributed by atoms with van der Waals surface area (Å²) in [5.41, 5.74) is 1.32. The first kappa shape index (κ1) is 13.1. The molecular weight excluding hydrogens is 248 g/mol. The highest BCUT2D eigenvalue weighted by atomic mass is 16.6. The maximum atomic E-state index is 12.0. The second kappa shape index (κ2) is 5.14. The van der Waals surface area contributed by atoms with Crippen LogP contribution < -0.4 is 9.47 Å². The summed E-state index contributed by atoms with van der Waals surface area (Å²) in [6.07, 6.45) is 0. The van der Waals surface area contributed by atoms with Crippen LogP contribution in [0.25, 0.3) is 0 Å². The van der Waals surface area contributed by atoms with Crippen molar-refractivity contribution in [2.24, 2.45) is 0 Å². The summed E-state index contributed by atoms with van der Waals surface area (Å²) in [5.74, 6) is 0.646. The Hall–Kier alpha value is -2.30. The van der Waals surface area contributed by atoms with Gasteiger partial charge in [-0.3, -0.25) is 4.79 Å². The third-order valence-electron chi connectivity index (χ3n) is 2.65. The van der Waals surface area contributed by atoms with E-state index in [4.69, 9.17) is 9.47 Å². The molecule has 0 radical (unpaired) electrons. The monoisotopic (exact) mass is 262 g/mol. The molecule has 5 nitrogen and oxygen atoms in total. The van der Waals surface area contributed by atoms with Crippen LogP contribution >= 0.6 is 0 Å². The van der Waals surface area contributed by atoms with Crippen LogP contribution in [0.5, 0.6) is 11.5 Å². The van der Waals surface area contributed by atoms with Crippen LogP contribution in [0.15, 0.2) is 29.5 Å².